The van der Waals surface area contributed by atoms with Crippen molar-refractivity contribution in [2.45, 2.75) is 31.8 Å². The van der Waals surface area contributed by atoms with Gasteiger partial charge in [-0.05, 0) is 24.8 Å². The molecule has 0 amide bonds. The molecule has 0 spiro atoms. The van der Waals surface area contributed by atoms with E-state index in [1.54, 1.807) is 15.3 Å². The molecule has 0 atom stereocenters. The van der Waals surface area contributed by atoms with Crippen LogP contribution in [-0.4, -0.2) is 15.7 Å². The molecule has 1 aliphatic rings. The first kappa shape index (κ1) is 9.86. The van der Waals surface area contributed by atoms with Crippen LogP contribution in [0.25, 0.3) is 10.4 Å². The second kappa shape index (κ2) is 4.23. The lowest BCUT2D eigenvalue weighted by molar-refractivity contribution is 0.596. The third-order valence-corrected chi connectivity index (χ3v) is 2.53. The Bertz CT molecular complexity index is 436. The summed E-state index contributed by atoms with van der Waals surface area (Å²) in [6, 6.07) is 0.427. The Hall–Kier alpha value is -1.68. The average molecular weight is 207 g/mol. The number of aromatic nitrogens is 2. The molecule has 80 valence electrons. The summed E-state index contributed by atoms with van der Waals surface area (Å²) < 4.78 is 3.46. The monoisotopic (exact) mass is 207 g/mol. The van der Waals surface area contributed by atoms with Crippen LogP contribution in [0.5, 0.6) is 0 Å². The molecule has 0 radical (unpaired) electrons. The fourth-order valence-electron chi connectivity index (χ4n) is 1.59. The fraction of sp³-hybridized carbons (Fsp3) is 0.667. The molecular weight excluding hydrogens is 194 g/mol. The molecule has 1 fully saturated rings. The van der Waals surface area contributed by atoms with Gasteiger partial charge in [-0.15, -0.1) is 0 Å². The summed E-state index contributed by atoms with van der Waals surface area (Å²) >= 11 is 0. The minimum absolute atomic E-state index is 0.0541. The molecule has 1 saturated carbocycles. The fourth-order valence-corrected chi connectivity index (χ4v) is 1.59. The molecule has 0 unspecified atom stereocenters. The molecule has 1 heterocycles. The molecular formula is C9H13N5O. The zero-order valence-corrected chi connectivity index (χ0v) is 8.41. The smallest absolute Gasteiger partial charge is 0.299 e. The Morgan fingerprint density at radius 2 is 2.33 bits per heavy atom. The first-order valence-electron chi connectivity index (χ1n) is 5.11. The van der Waals surface area contributed by atoms with Crippen molar-refractivity contribution in [3.05, 3.63) is 33.3 Å². The number of azide groups is 1. The minimum Gasteiger partial charge on any atom is -0.299 e. The van der Waals surface area contributed by atoms with E-state index in [2.05, 4.69) is 10.0 Å². The molecule has 15 heavy (non-hydrogen) atoms. The second-order valence-electron chi connectivity index (χ2n) is 3.72. The standard InChI is InChI=1S/C9H13N5O/c10-12-11-4-1-5-13-6-7-14(9(13)15)8-2-3-8/h6-8H,1-5H2. The third-order valence-electron chi connectivity index (χ3n) is 2.53. The molecule has 2 rings (SSSR count). The van der Waals surface area contributed by atoms with Crippen molar-refractivity contribution in [1.82, 2.24) is 9.13 Å². The largest absolute Gasteiger partial charge is 0.328 e. The summed E-state index contributed by atoms with van der Waals surface area (Å²) in [6.45, 7) is 1.06. The van der Waals surface area contributed by atoms with Crippen molar-refractivity contribution in [1.29, 1.82) is 0 Å². The maximum Gasteiger partial charge on any atom is 0.328 e. The van der Waals surface area contributed by atoms with Crippen LogP contribution in [0, 0.1) is 0 Å². The van der Waals surface area contributed by atoms with E-state index in [0.717, 1.165) is 12.8 Å². The first-order chi connectivity index (χ1) is 7.33. The van der Waals surface area contributed by atoms with Crippen LogP contribution < -0.4 is 5.69 Å². The molecule has 0 aromatic carbocycles. The van der Waals surface area contributed by atoms with Crippen molar-refractivity contribution in [2.24, 2.45) is 5.11 Å². The number of aryl methyl sites for hydroxylation is 1. The van der Waals surface area contributed by atoms with Gasteiger partial charge in [0, 0.05) is 36.4 Å². The van der Waals surface area contributed by atoms with E-state index in [1.807, 2.05) is 6.20 Å². The van der Waals surface area contributed by atoms with Crippen LogP contribution in [0.4, 0.5) is 0 Å². The lowest BCUT2D eigenvalue weighted by Crippen LogP contribution is -2.23. The number of rotatable bonds is 5. The molecule has 0 saturated heterocycles. The number of hydrogen-bond acceptors (Lipinski definition) is 2. The van der Waals surface area contributed by atoms with Crippen LogP contribution in [0.2, 0.25) is 0 Å². The summed E-state index contributed by atoms with van der Waals surface area (Å²) in [6.07, 6.45) is 6.58. The quantitative estimate of drug-likeness (QED) is 0.313. The molecule has 0 N–H and O–H groups in total. The van der Waals surface area contributed by atoms with Gasteiger partial charge in [-0.3, -0.25) is 9.13 Å². The minimum atomic E-state index is 0.0541. The third kappa shape index (κ3) is 2.22. The zero-order chi connectivity index (χ0) is 10.7. The van der Waals surface area contributed by atoms with Gasteiger partial charge in [-0.2, -0.15) is 0 Å². The summed E-state index contributed by atoms with van der Waals surface area (Å²) in [5, 5.41) is 3.43. The van der Waals surface area contributed by atoms with Gasteiger partial charge in [0.2, 0.25) is 0 Å². The highest BCUT2D eigenvalue weighted by Crippen LogP contribution is 2.33. The molecule has 1 aromatic rings. The topological polar surface area (TPSA) is 75.7 Å². The Labute approximate surface area is 86.8 Å². The molecule has 6 heteroatoms. The first-order valence-corrected chi connectivity index (χ1v) is 5.11. The van der Waals surface area contributed by atoms with E-state index in [9.17, 15) is 4.79 Å². The Balaban J connectivity index is 1.96. The van der Waals surface area contributed by atoms with Crippen LogP contribution in [-0.2, 0) is 6.54 Å². The molecule has 1 aliphatic carbocycles. The van der Waals surface area contributed by atoms with E-state index < -0.39 is 0 Å². The predicted molar refractivity (Wildman–Crippen MR) is 55.6 cm³/mol. The normalized spacial score (nSPS) is 14.9. The van der Waals surface area contributed by atoms with Gasteiger partial charge >= 0.3 is 5.69 Å². The zero-order valence-electron chi connectivity index (χ0n) is 8.41. The predicted octanol–water partition coefficient (Wildman–Crippen LogP) is 1.69. The van der Waals surface area contributed by atoms with Crippen LogP contribution in [0.15, 0.2) is 22.3 Å². The van der Waals surface area contributed by atoms with Crippen molar-refractivity contribution in [2.75, 3.05) is 6.54 Å². The van der Waals surface area contributed by atoms with Gasteiger partial charge in [0.05, 0.1) is 0 Å². The lowest BCUT2D eigenvalue weighted by Gasteiger charge is -1.98. The van der Waals surface area contributed by atoms with Gasteiger partial charge in [-0.25, -0.2) is 4.79 Å². The van der Waals surface area contributed by atoms with Crippen LogP contribution in [0.1, 0.15) is 25.3 Å². The highest BCUT2D eigenvalue weighted by atomic mass is 16.1. The molecule has 0 aliphatic heterocycles. The van der Waals surface area contributed by atoms with Gasteiger partial charge in [0.15, 0.2) is 0 Å². The van der Waals surface area contributed by atoms with Gasteiger partial charge in [-0.1, -0.05) is 5.11 Å². The van der Waals surface area contributed by atoms with Crippen molar-refractivity contribution < 1.29 is 0 Å². The van der Waals surface area contributed by atoms with E-state index in [4.69, 9.17) is 5.53 Å². The number of hydrogen-bond donors (Lipinski definition) is 0. The number of imidazole rings is 1. The molecule has 6 nitrogen and oxygen atoms in total. The summed E-state index contributed by atoms with van der Waals surface area (Å²) in [5.41, 5.74) is 8.14. The summed E-state index contributed by atoms with van der Waals surface area (Å²) in [7, 11) is 0. The summed E-state index contributed by atoms with van der Waals surface area (Å²) in [5.74, 6) is 0. The van der Waals surface area contributed by atoms with E-state index in [1.165, 1.54) is 0 Å². The van der Waals surface area contributed by atoms with E-state index >= 15 is 0 Å². The molecule has 0 bridgehead atoms. The van der Waals surface area contributed by atoms with Crippen molar-refractivity contribution in [3.63, 3.8) is 0 Å². The highest BCUT2D eigenvalue weighted by molar-refractivity contribution is 4.91. The highest BCUT2D eigenvalue weighted by Gasteiger charge is 2.25. The van der Waals surface area contributed by atoms with E-state index in [-0.39, 0.29) is 5.69 Å². The Morgan fingerprint density at radius 3 is 3.00 bits per heavy atom. The van der Waals surface area contributed by atoms with E-state index in [0.29, 0.717) is 25.6 Å². The number of nitrogens with zero attached hydrogens (tertiary/aromatic N) is 5. The maximum atomic E-state index is 11.7. The van der Waals surface area contributed by atoms with Crippen LogP contribution in [0.3, 0.4) is 0 Å². The maximum absolute atomic E-state index is 11.7. The van der Waals surface area contributed by atoms with Crippen molar-refractivity contribution in [3.8, 4) is 0 Å². The summed E-state index contributed by atoms with van der Waals surface area (Å²) in [4.78, 5) is 14.4. The van der Waals surface area contributed by atoms with Crippen LogP contribution >= 0.6 is 0 Å². The second-order valence-corrected chi connectivity index (χ2v) is 3.72. The Morgan fingerprint density at radius 1 is 1.53 bits per heavy atom. The van der Waals surface area contributed by atoms with Crippen molar-refractivity contribution >= 4 is 0 Å². The lowest BCUT2D eigenvalue weighted by atomic mass is 10.4. The van der Waals surface area contributed by atoms with Gasteiger partial charge in [0.25, 0.3) is 0 Å². The van der Waals surface area contributed by atoms with Gasteiger partial charge < -0.3 is 0 Å². The molecule has 1 aromatic heterocycles. The Kier molecular flexibility index (Phi) is 2.78. The van der Waals surface area contributed by atoms with Gasteiger partial charge in [0.1, 0.15) is 0 Å². The average Bonchev–Trinajstić information content (AvgIpc) is 3.00. The SMILES string of the molecule is [N-]=[N+]=NCCCn1ccn(C2CC2)c1=O.